The molecule has 13 heavy (non-hydrogen) atoms. The SMILES string of the molecule is CN1CCC2(C(=O)O)CCNC2C1. The highest BCUT2D eigenvalue weighted by atomic mass is 16.4. The van der Waals surface area contributed by atoms with Crippen LogP contribution in [0.5, 0.6) is 0 Å². The number of carboxylic acid groups (broad SMARTS) is 1. The van der Waals surface area contributed by atoms with E-state index in [0.717, 1.165) is 32.5 Å². The maximum Gasteiger partial charge on any atom is 0.311 e. The lowest BCUT2D eigenvalue weighted by molar-refractivity contribution is -0.152. The van der Waals surface area contributed by atoms with Gasteiger partial charge in [-0.1, -0.05) is 0 Å². The first-order chi connectivity index (χ1) is 6.15. The number of carbonyl (C=O) groups is 1. The molecule has 2 aliphatic rings. The monoisotopic (exact) mass is 184 g/mol. The Balaban J connectivity index is 2.20. The van der Waals surface area contributed by atoms with Crippen LogP contribution in [0, 0.1) is 5.41 Å². The summed E-state index contributed by atoms with van der Waals surface area (Å²) in [7, 11) is 2.05. The Hall–Kier alpha value is -0.610. The van der Waals surface area contributed by atoms with Gasteiger partial charge in [0.05, 0.1) is 5.41 Å². The summed E-state index contributed by atoms with van der Waals surface area (Å²) >= 11 is 0. The van der Waals surface area contributed by atoms with Gasteiger partial charge in [0, 0.05) is 12.6 Å². The zero-order chi connectivity index (χ0) is 9.47. The number of rotatable bonds is 1. The van der Waals surface area contributed by atoms with E-state index in [1.807, 2.05) is 7.05 Å². The Morgan fingerprint density at radius 3 is 3.08 bits per heavy atom. The van der Waals surface area contributed by atoms with Crippen molar-refractivity contribution in [3.05, 3.63) is 0 Å². The summed E-state index contributed by atoms with van der Waals surface area (Å²) in [5.41, 5.74) is -0.466. The molecule has 2 heterocycles. The molecule has 0 aromatic heterocycles. The minimum atomic E-state index is -0.615. The lowest BCUT2D eigenvalue weighted by atomic mass is 9.75. The number of aliphatic carboxylic acids is 1. The minimum absolute atomic E-state index is 0.156. The van der Waals surface area contributed by atoms with Gasteiger partial charge in [-0.15, -0.1) is 0 Å². The van der Waals surface area contributed by atoms with Crippen LogP contribution in [0.2, 0.25) is 0 Å². The van der Waals surface area contributed by atoms with Gasteiger partial charge in [0.1, 0.15) is 0 Å². The lowest BCUT2D eigenvalue weighted by Crippen LogP contribution is -2.54. The Bertz CT molecular complexity index is 232. The van der Waals surface area contributed by atoms with Crippen LogP contribution in [0.15, 0.2) is 0 Å². The van der Waals surface area contributed by atoms with E-state index < -0.39 is 11.4 Å². The zero-order valence-corrected chi connectivity index (χ0v) is 7.92. The quantitative estimate of drug-likeness (QED) is 0.590. The second-order valence-corrected chi connectivity index (χ2v) is 4.23. The van der Waals surface area contributed by atoms with Crippen LogP contribution in [0.25, 0.3) is 0 Å². The number of likely N-dealkylation sites (N-methyl/N-ethyl adjacent to an activating group) is 1. The number of fused-ring (bicyclic) bond motifs is 1. The first-order valence-electron chi connectivity index (χ1n) is 4.80. The fourth-order valence-electron chi connectivity index (χ4n) is 2.53. The average Bonchev–Trinajstić information content (AvgIpc) is 2.48. The molecule has 0 aliphatic carbocycles. The summed E-state index contributed by atoms with van der Waals surface area (Å²) in [4.78, 5) is 13.4. The number of nitrogens with zero attached hydrogens (tertiary/aromatic N) is 1. The standard InChI is InChI=1S/C9H16N2O2/c1-11-5-3-9(8(12)13)2-4-10-7(9)6-11/h7,10H,2-6H2,1H3,(H,12,13). The molecule has 2 aliphatic heterocycles. The molecule has 2 unspecified atom stereocenters. The van der Waals surface area contributed by atoms with E-state index in [2.05, 4.69) is 10.2 Å². The maximum absolute atomic E-state index is 11.2. The summed E-state index contributed by atoms with van der Waals surface area (Å²) < 4.78 is 0. The van der Waals surface area contributed by atoms with E-state index in [4.69, 9.17) is 0 Å². The van der Waals surface area contributed by atoms with Gasteiger partial charge in [-0.3, -0.25) is 4.79 Å². The third-order valence-corrected chi connectivity index (χ3v) is 3.49. The van der Waals surface area contributed by atoms with E-state index in [1.165, 1.54) is 0 Å². The summed E-state index contributed by atoms with van der Waals surface area (Å²) in [6.45, 7) is 2.63. The number of likely N-dealkylation sites (tertiary alicyclic amines) is 1. The minimum Gasteiger partial charge on any atom is -0.481 e. The third-order valence-electron chi connectivity index (χ3n) is 3.49. The second-order valence-electron chi connectivity index (χ2n) is 4.23. The molecule has 2 atom stereocenters. The van der Waals surface area contributed by atoms with Gasteiger partial charge in [0.15, 0.2) is 0 Å². The topological polar surface area (TPSA) is 52.6 Å². The Labute approximate surface area is 77.9 Å². The van der Waals surface area contributed by atoms with Crippen molar-refractivity contribution in [2.24, 2.45) is 5.41 Å². The summed E-state index contributed by atoms with van der Waals surface area (Å²) in [5.74, 6) is -0.615. The molecule has 0 amide bonds. The van der Waals surface area contributed by atoms with E-state index in [0.29, 0.717) is 0 Å². The lowest BCUT2D eigenvalue weighted by Gasteiger charge is -2.39. The van der Waals surface area contributed by atoms with Gasteiger partial charge in [0.2, 0.25) is 0 Å². The molecule has 4 nitrogen and oxygen atoms in total. The molecule has 74 valence electrons. The van der Waals surface area contributed by atoms with Crippen LogP contribution in [0.3, 0.4) is 0 Å². The number of piperidine rings is 1. The summed E-state index contributed by atoms with van der Waals surface area (Å²) in [5, 5.41) is 12.5. The first kappa shape index (κ1) is 8.97. The van der Waals surface area contributed by atoms with Crippen LogP contribution < -0.4 is 5.32 Å². The van der Waals surface area contributed by atoms with Crippen LogP contribution in [0.4, 0.5) is 0 Å². The van der Waals surface area contributed by atoms with Crippen LogP contribution in [-0.4, -0.2) is 48.7 Å². The maximum atomic E-state index is 11.2. The van der Waals surface area contributed by atoms with Crippen molar-refractivity contribution in [3.63, 3.8) is 0 Å². The Morgan fingerprint density at radius 1 is 1.62 bits per heavy atom. The van der Waals surface area contributed by atoms with Crippen molar-refractivity contribution in [2.75, 3.05) is 26.7 Å². The van der Waals surface area contributed by atoms with Crippen molar-refractivity contribution in [1.82, 2.24) is 10.2 Å². The van der Waals surface area contributed by atoms with Crippen LogP contribution in [-0.2, 0) is 4.79 Å². The van der Waals surface area contributed by atoms with Crippen molar-refractivity contribution in [1.29, 1.82) is 0 Å². The van der Waals surface area contributed by atoms with Gasteiger partial charge in [0.25, 0.3) is 0 Å². The number of hydrogen-bond donors (Lipinski definition) is 2. The zero-order valence-electron chi connectivity index (χ0n) is 7.92. The van der Waals surface area contributed by atoms with Gasteiger partial charge in [-0.05, 0) is 33.0 Å². The molecule has 2 saturated heterocycles. The van der Waals surface area contributed by atoms with E-state index in [-0.39, 0.29) is 6.04 Å². The van der Waals surface area contributed by atoms with Gasteiger partial charge in [-0.25, -0.2) is 0 Å². The van der Waals surface area contributed by atoms with Crippen molar-refractivity contribution in [2.45, 2.75) is 18.9 Å². The number of hydrogen-bond acceptors (Lipinski definition) is 3. The third kappa shape index (κ3) is 1.25. The fourth-order valence-corrected chi connectivity index (χ4v) is 2.53. The largest absolute Gasteiger partial charge is 0.481 e. The molecule has 4 heteroatoms. The van der Waals surface area contributed by atoms with E-state index in [1.54, 1.807) is 0 Å². The van der Waals surface area contributed by atoms with Gasteiger partial charge < -0.3 is 15.3 Å². The van der Waals surface area contributed by atoms with Crippen molar-refractivity contribution >= 4 is 5.97 Å². The first-order valence-corrected chi connectivity index (χ1v) is 4.80. The molecule has 0 aromatic rings. The highest BCUT2D eigenvalue weighted by molar-refractivity contribution is 5.76. The van der Waals surface area contributed by atoms with Crippen LogP contribution in [0.1, 0.15) is 12.8 Å². The van der Waals surface area contributed by atoms with E-state index >= 15 is 0 Å². The molecular weight excluding hydrogens is 168 g/mol. The van der Waals surface area contributed by atoms with Gasteiger partial charge in [-0.2, -0.15) is 0 Å². The van der Waals surface area contributed by atoms with Crippen molar-refractivity contribution < 1.29 is 9.90 Å². The molecule has 0 radical (unpaired) electrons. The normalized spacial score (nSPS) is 40.2. The predicted molar refractivity (Wildman–Crippen MR) is 48.6 cm³/mol. The predicted octanol–water partition coefficient (Wildman–Crippen LogP) is -0.245. The Morgan fingerprint density at radius 2 is 2.38 bits per heavy atom. The highest BCUT2D eigenvalue weighted by Crippen LogP contribution is 2.38. The number of nitrogens with one attached hydrogen (secondary N) is 1. The van der Waals surface area contributed by atoms with E-state index in [9.17, 15) is 9.90 Å². The molecule has 0 spiro atoms. The molecule has 0 aromatic carbocycles. The van der Waals surface area contributed by atoms with Gasteiger partial charge >= 0.3 is 5.97 Å². The highest BCUT2D eigenvalue weighted by Gasteiger charge is 2.51. The van der Waals surface area contributed by atoms with Crippen molar-refractivity contribution in [3.8, 4) is 0 Å². The summed E-state index contributed by atoms with van der Waals surface area (Å²) in [6, 6.07) is 0.156. The summed E-state index contributed by atoms with van der Waals surface area (Å²) in [6.07, 6.45) is 1.58. The molecule has 2 N–H and O–H groups in total. The van der Waals surface area contributed by atoms with Crippen LogP contribution >= 0.6 is 0 Å². The smallest absolute Gasteiger partial charge is 0.311 e. The molecular formula is C9H16N2O2. The number of carboxylic acids is 1. The molecule has 0 bridgehead atoms. The average molecular weight is 184 g/mol. The Kier molecular flexibility index (Phi) is 2.04. The molecule has 2 fully saturated rings. The molecule has 2 rings (SSSR count). The molecule has 0 saturated carbocycles. The second kappa shape index (κ2) is 2.96. The fraction of sp³-hybridized carbons (Fsp3) is 0.889.